The number of fused-ring (bicyclic) bond motifs is 5. The molecule has 5 nitrogen and oxygen atoms in total. The number of benzene rings is 6. The lowest BCUT2D eigenvalue weighted by atomic mass is 9.94. The second-order valence-corrected chi connectivity index (χ2v) is 11.2. The Kier molecular flexibility index (Phi) is 5.74. The first kappa shape index (κ1) is 25.3. The van der Waals surface area contributed by atoms with Gasteiger partial charge in [-0.1, -0.05) is 103 Å². The number of para-hydroxylation sites is 1. The Balaban J connectivity index is 1.28. The van der Waals surface area contributed by atoms with E-state index >= 15 is 0 Å². The second-order valence-electron chi connectivity index (χ2n) is 11.2. The summed E-state index contributed by atoms with van der Waals surface area (Å²) in [5, 5.41) is 4.93. The van der Waals surface area contributed by atoms with Gasteiger partial charge in [-0.2, -0.15) is 0 Å². The molecule has 3 heterocycles. The predicted molar refractivity (Wildman–Crippen MR) is 180 cm³/mol. The first-order valence-electron chi connectivity index (χ1n) is 14.9. The molecule has 9 rings (SSSR count). The number of hydrogen-bond acceptors (Lipinski definition) is 4. The van der Waals surface area contributed by atoms with Gasteiger partial charge in [0, 0.05) is 27.6 Å². The summed E-state index contributed by atoms with van der Waals surface area (Å²) in [5.74, 6) is 0. The molecule has 0 unspecified atom stereocenters. The Bertz CT molecular complexity index is 2440. The summed E-state index contributed by atoms with van der Waals surface area (Å²) < 4.78 is 12.8. The zero-order valence-corrected chi connectivity index (χ0v) is 24.1. The first-order chi connectivity index (χ1) is 22.3. The molecule has 3 aromatic heterocycles. The summed E-state index contributed by atoms with van der Waals surface area (Å²) >= 11 is 0. The maximum Gasteiger partial charge on any atom is 0.181 e. The summed E-state index contributed by atoms with van der Waals surface area (Å²) in [6.07, 6.45) is 6.27. The summed E-state index contributed by atoms with van der Waals surface area (Å²) in [6, 6.07) is 45.6. The van der Waals surface area contributed by atoms with Crippen LogP contribution in [0.4, 0.5) is 0 Å². The van der Waals surface area contributed by atoms with Crippen LogP contribution in [-0.2, 0) is 0 Å². The van der Waals surface area contributed by atoms with E-state index in [0.717, 1.165) is 50.4 Å². The molecule has 0 saturated heterocycles. The molecule has 0 aliphatic rings. The topological polar surface area (TPSA) is 57.0 Å². The third-order valence-corrected chi connectivity index (χ3v) is 8.66. The van der Waals surface area contributed by atoms with Crippen molar-refractivity contribution >= 4 is 32.6 Å². The minimum absolute atomic E-state index is 0.828. The smallest absolute Gasteiger partial charge is 0.181 e. The first-order valence-corrected chi connectivity index (χ1v) is 14.9. The monoisotopic (exact) mass is 579 g/mol. The van der Waals surface area contributed by atoms with Crippen LogP contribution in [-0.4, -0.2) is 14.5 Å². The van der Waals surface area contributed by atoms with E-state index in [-0.39, 0.29) is 0 Å². The third kappa shape index (κ3) is 4.17. The maximum atomic E-state index is 5.21. The van der Waals surface area contributed by atoms with Gasteiger partial charge in [0.25, 0.3) is 0 Å². The molecule has 0 saturated carbocycles. The van der Waals surface area contributed by atoms with Gasteiger partial charge in [-0.3, -0.25) is 0 Å². The lowest BCUT2D eigenvalue weighted by molar-refractivity contribution is 0.558. The van der Waals surface area contributed by atoms with Gasteiger partial charge in [-0.05, 0) is 57.3 Å². The highest BCUT2D eigenvalue weighted by Crippen LogP contribution is 2.42. The van der Waals surface area contributed by atoms with E-state index in [1.54, 1.807) is 12.5 Å². The van der Waals surface area contributed by atoms with Crippen LogP contribution >= 0.6 is 0 Å². The van der Waals surface area contributed by atoms with Gasteiger partial charge in [-0.25, -0.2) is 9.97 Å². The van der Waals surface area contributed by atoms with Crippen molar-refractivity contribution < 1.29 is 8.83 Å². The summed E-state index contributed by atoms with van der Waals surface area (Å²) in [5.41, 5.74) is 11.8. The highest BCUT2D eigenvalue weighted by molar-refractivity contribution is 6.24. The van der Waals surface area contributed by atoms with Gasteiger partial charge in [0.1, 0.15) is 23.9 Å². The molecule has 0 fully saturated rings. The number of hydrogen-bond donors (Lipinski definition) is 0. The maximum absolute atomic E-state index is 5.21. The Morgan fingerprint density at radius 3 is 1.67 bits per heavy atom. The van der Waals surface area contributed by atoms with Crippen LogP contribution in [0.5, 0.6) is 0 Å². The van der Waals surface area contributed by atoms with Crippen LogP contribution in [0.25, 0.3) is 83.0 Å². The molecule has 0 aliphatic heterocycles. The SMILES string of the molecule is c1ccc(-n2c3cc(-c4ccc(-c5cocn5)cc4)ccc3c3c4ccccc4c(-c4ccc(-c5cocn5)cc4)cc32)cc1. The number of aromatic nitrogens is 3. The lowest BCUT2D eigenvalue weighted by Crippen LogP contribution is -1.94. The highest BCUT2D eigenvalue weighted by Gasteiger charge is 2.19. The molecule has 0 aliphatic carbocycles. The molecule has 9 aromatic rings. The van der Waals surface area contributed by atoms with Crippen molar-refractivity contribution in [1.29, 1.82) is 0 Å². The predicted octanol–water partition coefficient (Wildman–Crippen LogP) is 10.6. The second kappa shape index (κ2) is 10.2. The van der Waals surface area contributed by atoms with Gasteiger partial charge in [0.05, 0.1) is 11.0 Å². The molecule has 0 radical (unpaired) electrons. The Morgan fingerprint density at radius 1 is 0.444 bits per heavy atom. The molecule has 45 heavy (non-hydrogen) atoms. The average Bonchev–Trinajstić information content (AvgIpc) is 3.90. The van der Waals surface area contributed by atoms with Crippen LogP contribution < -0.4 is 0 Å². The molecular formula is C40H25N3O2. The van der Waals surface area contributed by atoms with Gasteiger partial charge in [0.15, 0.2) is 12.8 Å². The van der Waals surface area contributed by atoms with Crippen molar-refractivity contribution in [3.05, 3.63) is 153 Å². The van der Waals surface area contributed by atoms with Gasteiger partial charge in [0.2, 0.25) is 0 Å². The van der Waals surface area contributed by atoms with Crippen molar-refractivity contribution in [2.24, 2.45) is 0 Å². The van der Waals surface area contributed by atoms with Gasteiger partial charge in [-0.15, -0.1) is 0 Å². The van der Waals surface area contributed by atoms with Crippen molar-refractivity contribution in [3.8, 4) is 50.5 Å². The van der Waals surface area contributed by atoms with E-state index in [1.165, 1.54) is 45.4 Å². The quantitative estimate of drug-likeness (QED) is 0.204. The Labute approximate surface area is 258 Å². The minimum Gasteiger partial charge on any atom is -0.451 e. The van der Waals surface area contributed by atoms with Crippen LogP contribution in [0.15, 0.2) is 162 Å². The summed E-state index contributed by atoms with van der Waals surface area (Å²) in [7, 11) is 0. The Morgan fingerprint density at radius 2 is 1.02 bits per heavy atom. The highest BCUT2D eigenvalue weighted by atomic mass is 16.3. The standard InChI is InChI=1S/C40H25N3O2/c1-2-6-31(7-3-1)43-38-20-30(26-10-14-28(15-11-26)36-22-44-24-41-36)18-19-34(38)40-33-9-5-4-8-32(33)35(21-39(40)43)27-12-16-29(17-13-27)37-23-45-25-42-37/h1-25H. The fourth-order valence-electron chi connectivity index (χ4n) is 6.52. The lowest BCUT2D eigenvalue weighted by Gasteiger charge is -2.12. The zero-order chi connectivity index (χ0) is 29.7. The van der Waals surface area contributed by atoms with Gasteiger partial charge < -0.3 is 13.4 Å². The van der Waals surface area contributed by atoms with Gasteiger partial charge >= 0.3 is 0 Å². The molecule has 5 heteroatoms. The van der Waals surface area contributed by atoms with Crippen molar-refractivity contribution in [2.45, 2.75) is 0 Å². The van der Waals surface area contributed by atoms with E-state index in [4.69, 9.17) is 8.83 Å². The minimum atomic E-state index is 0.828. The zero-order valence-electron chi connectivity index (χ0n) is 24.1. The molecule has 0 atom stereocenters. The molecule has 212 valence electrons. The van der Waals surface area contributed by atoms with Crippen molar-refractivity contribution in [3.63, 3.8) is 0 Å². The number of rotatable bonds is 5. The summed E-state index contributed by atoms with van der Waals surface area (Å²) in [4.78, 5) is 8.61. The van der Waals surface area contributed by atoms with E-state index in [9.17, 15) is 0 Å². The normalized spacial score (nSPS) is 11.6. The van der Waals surface area contributed by atoms with Crippen LogP contribution in [0.2, 0.25) is 0 Å². The van der Waals surface area contributed by atoms with E-state index in [1.807, 2.05) is 0 Å². The number of oxazole rings is 2. The van der Waals surface area contributed by atoms with E-state index in [0.29, 0.717) is 0 Å². The van der Waals surface area contributed by atoms with Crippen LogP contribution in [0.1, 0.15) is 0 Å². The van der Waals surface area contributed by atoms with E-state index < -0.39 is 0 Å². The van der Waals surface area contributed by atoms with Crippen molar-refractivity contribution in [2.75, 3.05) is 0 Å². The largest absolute Gasteiger partial charge is 0.451 e. The molecule has 0 bridgehead atoms. The summed E-state index contributed by atoms with van der Waals surface area (Å²) in [6.45, 7) is 0. The van der Waals surface area contributed by atoms with Crippen LogP contribution in [0, 0.1) is 0 Å². The molecule has 0 amide bonds. The van der Waals surface area contributed by atoms with E-state index in [2.05, 4.69) is 142 Å². The van der Waals surface area contributed by atoms with Crippen LogP contribution in [0.3, 0.4) is 0 Å². The average molecular weight is 580 g/mol. The molecular weight excluding hydrogens is 554 g/mol. The third-order valence-electron chi connectivity index (χ3n) is 8.66. The molecule has 0 N–H and O–H groups in total. The number of nitrogens with zero attached hydrogens (tertiary/aromatic N) is 3. The van der Waals surface area contributed by atoms with Crippen molar-refractivity contribution in [1.82, 2.24) is 14.5 Å². The fraction of sp³-hybridized carbons (Fsp3) is 0. The molecule has 0 spiro atoms. The molecule has 6 aromatic carbocycles. The Hall–Kier alpha value is -6.20. The fourth-order valence-corrected chi connectivity index (χ4v) is 6.52.